The summed E-state index contributed by atoms with van der Waals surface area (Å²) in [6, 6.07) is 13.8. The Labute approximate surface area is 210 Å². The third-order valence-electron chi connectivity index (χ3n) is 4.96. The van der Waals surface area contributed by atoms with Gasteiger partial charge in [-0.1, -0.05) is 29.8 Å². The molecule has 9 nitrogen and oxygen atoms in total. The van der Waals surface area contributed by atoms with Gasteiger partial charge in [0.25, 0.3) is 0 Å². The molecular formula is C22H21BrClN5O4S. The molecule has 0 amide bonds. The lowest BCUT2D eigenvalue weighted by atomic mass is 10.1. The first-order chi connectivity index (χ1) is 16.3. The van der Waals surface area contributed by atoms with Gasteiger partial charge in [0.05, 0.1) is 30.6 Å². The Morgan fingerprint density at radius 1 is 1.09 bits per heavy atom. The van der Waals surface area contributed by atoms with Gasteiger partial charge in [0, 0.05) is 35.8 Å². The third kappa shape index (κ3) is 4.97. The van der Waals surface area contributed by atoms with Crippen molar-refractivity contribution in [3.05, 3.63) is 64.2 Å². The van der Waals surface area contributed by atoms with E-state index in [-0.39, 0.29) is 23.7 Å². The van der Waals surface area contributed by atoms with Gasteiger partial charge in [-0.15, -0.1) is 0 Å². The molecular weight excluding hydrogens is 546 g/mol. The molecule has 0 aliphatic rings. The van der Waals surface area contributed by atoms with Crippen molar-refractivity contribution in [1.29, 1.82) is 0 Å². The van der Waals surface area contributed by atoms with E-state index in [4.69, 9.17) is 21.1 Å². The van der Waals surface area contributed by atoms with Crippen LogP contribution < -0.4 is 19.5 Å². The maximum Gasteiger partial charge on any atom is 0.244 e. The van der Waals surface area contributed by atoms with Crippen LogP contribution in [0.1, 0.15) is 0 Å². The van der Waals surface area contributed by atoms with Crippen molar-refractivity contribution in [2.24, 2.45) is 0 Å². The SMILES string of the molecule is COc1ccc(OC)c(S(=O)(=O)NCCNc2cc(-c3ccccc3Cl)nc3c(Br)cnn23)c1. The van der Waals surface area contributed by atoms with Crippen LogP contribution in [0.2, 0.25) is 5.02 Å². The topological polar surface area (TPSA) is 107 Å². The van der Waals surface area contributed by atoms with E-state index in [1.165, 1.54) is 20.3 Å². The van der Waals surface area contributed by atoms with Crippen LogP contribution in [0.15, 0.2) is 64.1 Å². The molecule has 0 aliphatic carbocycles. The first-order valence-electron chi connectivity index (χ1n) is 10.1. The summed E-state index contributed by atoms with van der Waals surface area (Å²) in [7, 11) is -0.960. The largest absolute Gasteiger partial charge is 0.497 e. The number of nitrogens with one attached hydrogen (secondary N) is 2. The van der Waals surface area contributed by atoms with E-state index in [0.717, 1.165) is 10.0 Å². The number of fused-ring (bicyclic) bond motifs is 1. The number of anilines is 1. The number of halogens is 2. The number of hydrogen-bond acceptors (Lipinski definition) is 7. The van der Waals surface area contributed by atoms with Crippen LogP contribution >= 0.6 is 27.5 Å². The lowest BCUT2D eigenvalue weighted by Gasteiger charge is -2.14. The molecule has 0 unspecified atom stereocenters. The van der Waals surface area contributed by atoms with Crippen LogP contribution in [0.4, 0.5) is 5.82 Å². The normalized spacial score (nSPS) is 11.5. The van der Waals surface area contributed by atoms with Crippen molar-refractivity contribution in [2.45, 2.75) is 4.90 Å². The van der Waals surface area contributed by atoms with Crippen molar-refractivity contribution < 1.29 is 17.9 Å². The molecule has 0 fully saturated rings. The van der Waals surface area contributed by atoms with Crippen LogP contribution in [0, 0.1) is 0 Å². The molecule has 34 heavy (non-hydrogen) atoms. The lowest BCUT2D eigenvalue weighted by molar-refractivity contribution is 0.392. The highest BCUT2D eigenvalue weighted by atomic mass is 79.9. The lowest BCUT2D eigenvalue weighted by Crippen LogP contribution is -2.29. The van der Waals surface area contributed by atoms with E-state index in [9.17, 15) is 8.42 Å². The molecule has 0 radical (unpaired) electrons. The molecule has 12 heteroatoms. The molecule has 2 aromatic heterocycles. The van der Waals surface area contributed by atoms with Crippen molar-refractivity contribution in [3.63, 3.8) is 0 Å². The Hall–Kier alpha value is -2.86. The molecule has 0 saturated heterocycles. The van der Waals surface area contributed by atoms with E-state index in [2.05, 4.69) is 36.1 Å². The average Bonchev–Trinajstić information content (AvgIpc) is 3.22. The number of methoxy groups -OCH3 is 2. The first-order valence-corrected chi connectivity index (χ1v) is 12.7. The average molecular weight is 567 g/mol. The number of rotatable bonds is 9. The second-order valence-corrected chi connectivity index (χ2v) is 10.1. The summed E-state index contributed by atoms with van der Waals surface area (Å²) >= 11 is 9.83. The van der Waals surface area contributed by atoms with Gasteiger partial charge in [-0.05, 0) is 34.1 Å². The number of benzene rings is 2. The van der Waals surface area contributed by atoms with Crippen molar-refractivity contribution >= 4 is 49.0 Å². The predicted octanol–water partition coefficient (Wildman–Crippen LogP) is 4.22. The Bertz CT molecular complexity index is 1440. The third-order valence-corrected chi connectivity index (χ3v) is 7.33. The van der Waals surface area contributed by atoms with Crippen LogP contribution in [-0.2, 0) is 10.0 Å². The molecule has 4 rings (SSSR count). The summed E-state index contributed by atoms with van der Waals surface area (Å²) in [6.07, 6.45) is 1.64. The second-order valence-electron chi connectivity index (χ2n) is 7.08. The van der Waals surface area contributed by atoms with Crippen LogP contribution in [0.3, 0.4) is 0 Å². The molecule has 178 valence electrons. The van der Waals surface area contributed by atoms with Crippen molar-refractivity contribution in [2.75, 3.05) is 32.6 Å². The zero-order valence-corrected chi connectivity index (χ0v) is 21.4. The predicted molar refractivity (Wildman–Crippen MR) is 134 cm³/mol. The Kier molecular flexibility index (Phi) is 7.27. The first kappa shape index (κ1) is 24.3. The van der Waals surface area contributed by atoms with Gasteiger partial charge >= 0.3 is 0 Å². The summed E-state index contributed by atoms with van der Waals surface area (Å²) in [6.45, 7) is 0.389. The number of ether oxygens (including phenoxy) is 2. The van der Waals surface area contributed by atoms with Gasteiger partial charge in [0.15, 0.2) is 5.65 Å². The molecule has 2 N–H and O–H groups in total. The van der Waals surface area contributed by atoms with Crippen LogP contribution in [-0.4, -0.2) is 50.3 Å². The van der Waals surface area contributed by atoms with E-state index in [1.807, 2.05) is 24.3 Å². The minimum absolute atomic E-state index is 0.00216. The quantitative estimate of drug-likeness (QED) is 0.292. The van der Waals surface area contributed by atoms with Gasteiger partial charge in [0.1, 0.15) is 22.2 Å². The van der Waals surface area contributed by atoms with E-state index >= 15 is 0 Å². The number of sulfonamides is 1. The highest BCUT2D eigenvalue weighted by Gasteiger charge is 2.20. The number of aromatic nitrogens is 3. The fraction of sp³-hybridized carbons (Fsp3) is 0.182. The molecule has 2 aromatic carbocycles. The van der Waals surface area contributed by atoms with E-state index in [0.29, 0.717) is 27.9 Å². The smallest absolute Gasteiger partial charge is 0.244 e. The molecule has 0 bridgehead atoms. The standard InChI is InChI=1S/C22H21BrClN5O4S/c1-32-14-7-8-19(33-2)20(11-14)34(30,31)27-10-9-25-21-12-18(15-5-3-4-6-17(15)24)28-22-16(23)13-26-29(21)22/h3-8,11-13,25,27H,9-10H2,1-2H3. The van der Waals surface area contributed by atoms with Gasteiger partial charge in [0.2, 0.25) is 10.0 Å². The van der Waals surface area contributed by atoms with Gasteiger partial charge in [-0.2, -0.15) is 9.61 Å². The van der Waals surface area contributed by atoms with E-state index in [1.54, 1.807) is 28.9 Å². The van der Waals surface area contributed by atoms with E-state index < -0.39 is 10.0 Å². The van der Waals surface area contributed by atoms with Gasteiger partial charge in [-0.3, -0.25) is 0 Å². The van der Waals surface area contributed by atoms with Crippen LogP contribution in [0.5, 0.6) is 11.5 Å². The summed E-state index contributed by atoms with van der Waals surface area (Å²) in [4.78, 5) is 4.66. The Morgan fingerprint density at radius 2 is 1.88 bits per heavy atom. The molecule has 0 atom stereocenters. The molecule has 2 heterocycles. The highest BCUT2D eigenvalue weighted by molar-refractivity contribution is 9.10. The molecule has 4 aromatic rings. The number of nitrogens with zero attached hydrogens (tertiary/aromatic N) is 3. The number of hydrogen-bond donors (Lipinski definition) is 2. The van der Waals surface area contributed by atoms with Gasteiger partial charge < -0.3 is 14.8 Å². The maximum atomic E-state index is 12.9. The summed E-state index contributed by atoms with van der Waals surface area (Å²) in [5.74, 6) is 1.27. The molecule has 0 aliphatic heterocycles. The molecule has 0 saturated carbocycles. The Balaban J connectivity index is 1.54. The monoisotopic (exact) mass is 565 g/mol. The summed E-state index contributed by atoms with van der Waals surface area (Å²) < 4.78 is 41.0. The maximum absolute atomic E-state index is 12.9. The second kappa shape index (κ2) is 10.2. The van der Waals surface area contributed by atoms with Crippen molar-refractivity contribution in [3.8, 4) is 22.8 Å². The highest BCUT2D eigenvalue weighted by Crippen LogP contribution is 2.30. The summed E-state index contributed by atoms with van der Waals surface area (Å²) in [5.41, 5.74) is 2.03. The zero-order valence-electron chi connectivity index (χ0n) is 18.2. The van der Waals surface area contributed by atoms with Crippen LogP contribution in [0.25, 0.3) is 16.9 Å². The summed E-state index contributed by atoms with van der Waals surface area (Å²) in [5, 5.41) is 8.12. The zero-order chi connectivity index (χ0) is 24.3. The minimum Gasteiger partial charge on any atom is -0.497 e. The fourth-order valence-electron chi connectivity index (χ4n) is 3.32. The van der Waals surface area contributed by atoms with Crippen molar-refractivity contribution in [1.82, 2.24) is 19.3 Å². The fourth-order valence-corrected chi connectivity index (χ4v) is 5.11. The minimum atomic E-state index is -3.84. The Morgan fingerprint density at radius 3 is 2.62 bits per heavy atom. The van der Waals surface area contributed by atoms with Gasteiger partial charge in [-0.25, -0.2) is 18.1 Å². The molecule has 0 spiro atoms.